The van der Waals surface area contributed by atoms with Gasteiger partial charge in [0.25, 0.3) is 0 Å². The van der Waals surface area contributed by atoms with Gasteiger partial charge in [0.1, 0.15) is 11.9 Å². The Morgan fingerprint density at radius 2 is 2.05 bits per heavy atom. The van der Waals surface area contributed by atoms with Gasteiger partial charge in [-0.1, -0.05) is 25.1 Å². The number of hydrogen-bond acceptors (Lipinski definition) is 3. The summed E-state index contributed by atoms with van der Waals surface area (Å²) in [5.74, 6) is 1.51. The Bertz CT molecular complexity index is 476. The summed E-state index contributed by atoms with van der Waals surface area (Å²) in [6.45, 7) is 7.78. The van der Waals surface area contributed by atoms with Crippen LogP contribution < -0.4 is 10.5 Å². The molecule has 1 fully saturated rings. The van der Waals surface area contributed by atoms with Crippen molar-refractivity contribution < 1.29 is 9.47 Å². The monoisotopic (exact) mass is 419 g/mol. The van der Waals surface area contributed by atoms with Crippen molar-refractivity contribution in [3.63, 3.8) is 0 Å². The van der Waals surface area contributed by atoms with E-state index in [1.54, 1.807) is 0 Å². The van der Waals surface area contributed by atoms with Crippen LogP contribution in [0.4, 0.5) is 0 Å². The van der Waals surface area contributed by atoms with Crippen LogP contribution in [0.3, 0.4) is 0 Å². The predicted molar refractivity (Wildman–Crippen MR) is 100 cm³/mol. The maximum atomic E-state index is 6.04. The van der Waals surface area contributed by atoms with Crippen molar-refractivity contribution in [3.05, 3.63) is 29.8 Å². The number of rotatable bonds is 5. The molecule has 1 unspecified atom stereocenters. The molecule has 1 aromatic rings. The minimum absolute atomic E-state index is 0. The molecule has 22 heavy (non-hydrogen) atoms. The normalized spacial score (nSPS) is 16.8. The van der Waals surface area contributed by atoms with Gasteiger partial charge in [-0.05, 0) is 25.0 Å². The fourth-order valence-electron chi connectivity index (χ4n) is 2.21. The molecule has 0 radical (unpaired) electrons. The summed E-state index contributed by atoms with van der Waals surface area (Å²) in [6.07, 6.45) is 0.944. The molecule has 6 heteroatoms. The van der Waals surface area contributed by atoms with E-state index in [0.717, 1.165) is 30.8 Å². The summed E-state index contributed by atoms with van der Waals surface area (Å²) in [4.78, 5) is 6.54. The first-order valence-electron chi connectivity index (χ1n) is 7.55. The Labute approximate surface area is 149 Å². The van der Waals surface area contributed by atoms with Crippen molar-refractivity contribution in [2.24, 2.45) is 10.7 Å². The number of morpholine rings is 1. The molecule has 1 atom stereocenters. The van der Waals surface area contributed by atoms with Gasteiger partial charge in [-0.15, -0.1) is 24.0 Å². The average molecular weight is 419 g/mol. The first-order valence-corrected chi connectivity index (χ1v) is 7.55. The zero-order chi connectivity index (χ0) is 15.1. The second-order valence-corrected chi connectivity index (χ2v) is 5.21. The molecule has 1 aliphatic heterocycles. The molecule has 5 nitrogen and oxygen atoms in total. The van der Waals surface area contributed by atoms with Crippen molar-refractivity contribution in [1.82, 2.24) is 4.90 Å². The number of hydrogen-bond donors (Lipinski definition) is 1. The fraction of sp³-hybridized carbons (Fsp3) is 0.562. The maximum Gasteiger partial charge on any atom is 0.191 e. The summed E-state index contributed by atoms with van der Waals surface area (Å²) in [7, 11) is 0. The molecule has 0 spiro atoms. The van der Waals surface area contributed by atoms with Gasteiger partial charge in [-0.2, -0.15) is 0 Å². The highest BCUT2D eigenvalue weighted by atomic mass is 127. The molecule has 0 amide bonds. The first-order chi connectivity index (χ1) is 10.2. The minimum atomic E-state index is 0. The molecule has 0 bridgehead atoms. The van der Waals surface area contributed by atoms with Crippen LogP contribution in [0.25, 0.3) is 0 Å². The van der Waals surface area contributed by atoms with Gasteiger partial charge in [0.15, 0.2) is 5.96 Å². The first kappa shape index (κ1) is 19.0. The number of guanidine groups is 1. The Balaban J connectivity index is 0.00000242. The fourth-order valence-corrected chi connectivity index (χ4v) is 2.21. The van der Waals surface area contributed by atoms with Crippen molar-refractivity contribution in [2.45, 2.75) is 26.4 Å². The smallest absolute Gasteiger partial charge is 0.191 e. The maximum absolute atomic E-state index is 6.04. The summed E-state index contributed by atoms with van der Waals surface area (Å²) in [6, 6.07) is 8.04. The Kier molecular flexibility index (Phi) is 8.55. The van der Waals surface area contributed by atoms with E-state index in [1.165, 1.54) is 0 Å². The second kappa shape index (κ2) is 9.89. The van der Waals surface area contributed by atoms with Crippen LogP contribution in [-0.4, -0.2) is 49.8 Å². The standard InChI is InChI=1S/C16H25N3O2.HI/c1-3-14(21-15-7-5-4-6-13(15)2)12-18-16(17)19-8-10-20-11-9-19;/h4-7,14H,3,8-12H2,1-2H3,(H2,17,18);1H. The van der Waals surface area contributed by atoms with Gasteiger partial charge in [0.05, 0.1) is 19.8 Å². The van der Waals surface area contributed by atoms with E-state index in [0.29, 0.717) is 25.7 Å². The molecule has 1 heterocycles. The van der Waals surface area contributed by atoms with Crippen LogP contribution in [0.5, 0.6) is 5.75 Å². The average Bonchev–Trinajstić information content (AvgIpc) is 2.53. The summed E-state index contributed by atoms with van der Waals surface area (Å²) in [5, 5.41) is 0. The lowest BCUT2D eigenvalue weighted by atomic mass is 10.2. The zero-order valence-electron chi connectivity index (χ0n) is 13.3. The highest BCUT2D eigenvalue weighted by Gasteiger charge is 2.14. The van der Waals surface area contributed by atoms with E-state index in [2.05, 4.69) is 16.8 Å². The lowest BCUT2D eigenvalue weighted by Gasteiger charge is -2.28. The van der Waals surface area contributed by atoms with Gasteiger partial charge in [0, 0.05) is 13.1 Å². The molecule has 0 aromatic heterocycles. The van der Waals surface area contributed by atoms with E-state index in [9.17, 15) is 0 Å². The van der Waals surface area contributed by atoms with Gasteiger partial charge >= 0.3 is 0 Å². The Hall–Kier alpha value is -1.02. The summed E-state index contributed by atoms with van der Waals surface area (Å²) >= 11 is 0. The quantitative estimate of drug-likeness (QED) is 0.453. The largest absolute Gasteiger partial charge is 0.488 e. The van der Waals surface area contributed by atoms with Crippen molar-refractivity contribution >= 4 is 29.9 Å². The van der Waals surface area contributed by atoms with Gasteiger partial charge in [0.2, 0.25) is 0 Å². The third-order valence-electron chi connectivity index (χ3n) is 3.63. The number of halogens is 1. The van der Waals surface area contributed by atoms with Crippen molar-refractivity contribution in [3.8, 4) is 5.75 Å². The van der Waals surface area contributed by atoms with E-state index < -0.39 is 0 Å². The Morgan fingerprint density at radius 1 is 1.36 bits per heavy atom. The molecule has 0 saturated carbocycles. The third-order valence-corrected chi connectivity index (χ3v) is 3.63. The molecule has 1 aliphatic rings. The predicted octanol–water partition coefficient (Wildman–Crippen LogP) is 2.42. The van der Waals surface area contributed by atoms with Crippen molar-refractivity contribution in [1.29, 1.82) is 0 Å². The van der Waals surface area contributed by atoms with Crippen LogP contribution in [0, 0.1) is 6.92 Å². The van der Waals surface area contributed by atoms with E-state index in [1.807, 2.05) is 31.2 Å². The minimum Gasteiger partial charge on any atom is -0.488 e. The van der Waals surface area contributed by atoms with Crippen molar-refractivity contribution in [2.75, 3.05) is 32.8 Å². The van der Waals surface area contributed by atoms with Crippen LogP contribution in [0.2, 0.25) is 0 Å². The van der Waals surface area contributed by atoms with Crippen LogP contribution in [-0.2, 0) is 4.74 Å². The summed E-state index contributed by atoms with van der Waals surface area (Å²) in [5.41, 5.74) is 7.18. The SMILES string of the molecule is CCC(CN=C(N)N1CCOCC1)Oc1ccccc1C.I. The van der Waals surface area contributed by atoms with E-state index >= 15 is 0 Å². The number of para-hydroxylation sites is 1. The molecule has 124 valence electrons. The lowest BCUT2D eigenvalue weighted by Crippen LogP contribution is -2.45. The number of nitrogens with zero attached hydrogens (tertiary/aromatic N) is 2. The van der Waals surface area contributed by atoms with Gasteiger partial charge in [-0.25, -0.2) is 4.99 Å². The van der Waals surface area contributed by atoms with Crippen LogP contribution >= 0.6 is 24.0 Å². The molecule has 1 aromatic carbocycles. The van der Waals surface area contributed by atoms with Crippen LogP contribution in [0.1, 0.15) is 18.9 Å². The van der Waals surface area contributed by atoms with Crippen LogP contribution in [0.15, 0.2) is 29.3 Å². The molecule has 2 rings (SSSR count). The number of aliphatic imine (C=N–C) groups is 1. The number of benzene rings is 1. The molecule has 0 aliphatic carbocycles. The van der Waals surface area contributed by atoms with E-state index in [4.69, 9.17) is 15.2 Å². The van der Waals surface area contributed by atoms with Gasteiger partial charge < -0.3 is 20.1 Å². The Morgan fingerprint density at radius 3 is 2.68 bits per heavy atom. The highest BCUT2D eigenvalue weighted by Crippen LogP contribution is 2.18. The molecule has 2 N–H and O–H groups in total. The third kappa shape index (κ3) is 5.64. The van der Waals surface area contributed by atoms with E-state index in [-0.39, 0.29) is 30.1 Å². The molecular formula is C16H26IN3O2. The molecular weight excluding hydrogens is 393 g/mol. The number of aryl methyl sites for hydroxylation is 1. The topological polar surface area (TPSA) is 60.1 Å². The molecule has 1 saturated heterocycles. The second-order valence-electron chi connectivity index (χ2n) is 5.21. The number of ether oxygens (including phenoxy) is 2. The summed E-state index contributed by atoms with van der Waals surface area (Å²) < 4.78 is 11.3. The van der Waals surface area contributed by atoms with Gasteiger partial charge in [-0.3, -0.25) is 0 Å². The number of nitrogens with two attached hydrogens (primary N) is 1. The zero-order valence-corrected chi connectivity index (χ0v) is 15.7. The lowest BCUT2D eigenvalue weighted by molar-refractivity contribution is 0.0673. The highest BCUT2D eigenvalue weighted by molar-refractivity contribution is 14.0.